The maximum Gasteiger partial charge on any atom is 0.00507 e. The molecule has 0 spiro atoms. The SMILES string of the molecule is CCC.CCCN1CCC(c2ccccc2)C1. The first-order chi connectivity index (χ1) is 8.31. The topological polar surface area (TPSA) is 3.24 Å². The van der Waals surface area contributed by atoms with Crippen molar-refractivity contribution in [2.24, 2.45) is 0 Å². The molecule has 0 aromatic heterocycles. The fourth-order valence-corrected chi connectivity index (χ4v) is 2.35. The maximum atomic E-state index is 2.58. The Hall–Kier alpha value is -0.820. The molecule has 1 atom stereocenters. The highest BCUT2D eigenvalue weighted by Gasteiger charge is 2.22. The lowest BCUT2D eigenvalue weighted by Crippen LogP contribution is -2.20. The molecule has 0 amide bonds. The van der Waals surface area contributed by atoms with Crippen molar-refractivity contribution >= 4 is 0 Å². The minimum absolute atomic E-state index is 0.780. The van der Waals surface area contributed by atoms with E-state index in [1.54, 1.807) is 0 Å². The van der Waals surface area contributed by atoms with Crippen LogP contribution in [0.5, 0.6) is 0 Å². The number of nitrogens with zero attached hydrogens (tertiary/aromatic N) is 1. The number of hydrogen-bond donors (Lipinski definition) is 0. The average Bonchev–Trinajstić information content (AvgIpc) is 2.80. The summed E-state index contributed by atoms with van der Waals surface area (Å²) in [6, 6.07) is 10.9. The summed E-state index contributed by atoms with van der Waals surface area (Å²) in [6.45, 7) is 10.3. The Balaban J connectivity index is 0.000000437. The molecule has 1 heteroatoms. The van der Waals surface area contributed by atoms with Gasteiger partial charge in [-0.15, -0.1) is 0 Å². The van der Waals surface area contributed by atoms with Gasteiger partial charge in [0, 0.05) is 6.54 Å². The molecule has 1 unspecified atom stereocenters. The van der Waals surface area contributed by atoms with Crippen molar-refractivity contribution in [1.29, 1.82) is 0 Å². The van der Waals surface area contributed by atoms with Gasteiger partial charge in [-0.3, -0.25) is 0 Å². The molecule has 0 saturated carbocycles. The summed E-state index contributed by atoms with van der Waals surface area (Å²) in [7, 11) is 0. The molecule has 2 rings (SSSR count). The second-order valence-electron chi connectivity index (χ2n) is 4.90. The lowest BCUT2D eigenvalue weighted by molar-refractivity contribution is 0.335. The van der Waals surface area contributed by atoms with Crippen molar-refractivity contribution in [2.75, 3.05) is 19.6 Å². The largest absolute Gasteiger partial charge is 0.303 e. The molecule has 1 fully saturated rings. The van der Waals surface area contributed by atoms with Gasteiger partial charge in [-0.2, -0.15) is 0 Å². The second kappa shape index (κ2) is 8.30. The lowest BCUT2D eigenvalue weighted by atomic mass is 9.99. The first kappa shape index (κ1) is 14.2. The van der Waals surface area contributed by atoms with Crippen LogP contribution in [0.15, 0.2) is 30.3 Å². The summed E-state index contributed by atoms with van der Waals surface area (Å²) in [5, 5.41) is 0. The summed E-state index contributed by atoms with van der Waals surface area (Å²) in [5.74, 6) is 0.780. The third kappa shape index (κ3) is 4.91. The van der Waals surface area contributed by atoms with Crippen molar-refractivity contribution < 1.29 is 0 Å². The monoisotopic (exact) mass is 233 g/mol. The van der Waals surface area contributed by atoms with Crippen LogP contribution >= 0.6 is 0 Å². The Morgan fingerprint density at radius 3 is 2.35 bits per heavy atom. The van der Waals surface area contributed by atoms with Gasteiger partial charge in [0.25, 0.3) is 0 Å². The van der Waals surface area contributed by atoms with Crippen LogP contribution < -0.4 is 0 Å². The van der Waals surface area contributed by atoms with Crippen molar-refractivity contribution in [1.82, 2.24) is 4.90 Å². The number of benzene rings is 1. The highest BCUT2D eigenvalue weighted by molar-refractivity contribution is 5.20. The second-order valence-corrected chi connectivity index (χ2v) is 4.90. The van der Waals surface area contributed by atoms with E-state index in [1.165, 1.54) is 44.5 Å². The Labute approximate surface area is 107 Å². The smallest absolute Gasteiger partial charge is 0.00507 e. The van der Waals surface area contributed by atoms with E-state index < -0.39 is 0 Å². The summed E-state index contributed by atoms with van der Waals surface area (Å²) < 4.78 is 0. The van der Waals surface area contributed by atoms with Crippen molar-refractivity contribution in [3.63, 3.8) is 0 Å². The molecule has 0 aliphatic carbocycles. The summed E-state index contributed by atoms with van der Waals surface area (Å²) in [5.41, 5.74) is 1.52. The summed E-state index contributed by atoms with van der Waals surface area (Å²) in [4.78, 5) is 2.58. The van der Waals surface area contributed by atoms with E-state index in [1.807, 2.05) is 0 Å². The van der Waals surface area contributed by atoms with Gasteiger partial charge in [0.05, 0.1) is 0 Å². The summed E-state index contributed by atoms with van der Waals surface area (Å²) in [6.07, 6.45) is 3.87. The molecule has 1 aliphatic rings. The minimum Gasteiger partial charge on any atom is -0.303 e. The van der Waals surface area contributed by atoms with Crippen LogP contribution in [0.25, 0.3) is 0 Å². The van der Waals surface area contributed by atoms with Gasteiger partial charge in [-0.25, -0.2) is 0 Å². The predicted molar refractivity (Wildman–Crippen MR) is 76.5 cm³/mol. The molecule has 0 radical (unpaired) electrons. The minimum atomic E-state index is 0.780. The Morgan fingerprint density at radius 1 is 1.12 bits per heavy atom. The van der Waals surface area contributed by atoms with Gasteiger partial charge in [-0.1, -0.05) is 57.5 Å². The fraction of sp³-hybridized carbons (Fsp3) is 0.625. The number of hydrogen-bond acceptors (Lipinski definition) is 1. The van der Waals surface area contributed by atoms with Gasteiger partial charge in [0.15, 0.2) is 0 Å². The number of likely N-dealkylation sites (tertiary alicyclic amines) is 1. The zero-order valence-electron chi connectivity index (χ0n) is 11.7. The first-order valence-electron chi connectivity index (χ1n) is 7.09. The van der Waals surface area contributed by atoms with Crippen molar-refractivity contribution in [3.05, 3.63) is 35.9 Å². The Morgan fingerprint density at radius 2 is 1.76 bits per heavy atom. The quantitative estimate of drug-likeness (QED) is 0.752. The molecule has 1 nitrogen and oxygen atoms in total. The van der Waals surface area contributed by atoms with E-state index in [2.05, 4.69) is 56.0 Å². The average molecular weight is 233 g/mol. The van der Waals surface area contributed by atoms with Crippen molar-refractivity contribution in [3.8, 4) is 0 Å². The highest BCUT2D eigenvalue weighted by Crippen LogP contribution is 2.26. The Kier molecular flexibility index (Phi) is 6.95. The van der Waals surface area contributed by atoms with E-state index >= 15 is 0 Å². The van der Waals surface area contributed by atoms with E-state index in [-0.39, 0.29) is 0 Å². The van der Waals surface area contributed by atoms with Gasteiger partial charge in [0.2, 0.25) is 0 Å². The normalized spacial score (nSPS) is 19.8. The molecule has 1 aromatic rings. The summed E-state index contributed by atoms with van der Waals surface area (Å²) >= 11 is 0. The molecule has 1 heterocycles. The van der Waals surface area contributed by atoms with Crippen LogP contribution in [0.4, 0.5) is 0 Å². The van der Waals surface area contributed by atoms with E-state index in [4.69, 9.17) is 0 Å². The molecular weight excluding hydrogens is 206 g/mol. The zero-order valence-corrected chi connectivity index (χ0v) is 11.7. The van der Waals surface area contributed by atoms with Crippen LogP contribution in [0.3, 0.4) is 0 Å². The van der Waals surface area contributed by atoms with E-state index in [0.717, 1.165) is 5.92 Å². The van der Waals surface area contributed by atoms with Crippen LogP contribution in [0, 0.1) is 0 Å². The highest BCUT2D eigenvalue weighted by atomic mass is 15.1. The molecule has 0 bridgehead atoms. The van der Waals surface area contributed by atoms with Crippen LogP contribution in [0.1, 0.15) is 51.5 Å². The fourth-order valence-electron chi connectivity index (χ4n) is 2.35. The molecule has 96 valence electrons. The molecule has 17 heavy (non-hydrogen) atoms. The predicted octanol–water partition coefficient (Wildman–Crippen LogP) is 4.30. The van der Waals surface area contributed by atoms with Crippen LogP contribution in [0.2, 0.25) is 0 Å². The third-order valence-corrected chi connectivity index (χ3v) is 3.08. The van der Waals surface area contributed by atoms with E-state index in [0.29, 0.717) is 0 Å². The van der Waals surface area contributed by atoms with Crippen LogP contribution in [-0.4, -0.2) is 24.5 Å². The maximum absolute atomic E-state index is 2.58. The van der Waals surface area contributed by atoms with Gasteiger partial charge in [-0.05, 0) is 37.4 Å². The molecule has 1 saturated heterocycles. The number of rotatable bonds is 3. The molecule has 1 aromatic carbocycles. The van der Waals surface area contributed by atoms with Crippen molar-refractivity contribution in [2.45, 2.75) is 46.0 Å². The van der Waals surface area contributed by atoms with Gasteiger partial charge in [0.1, 0.15) is 0 Å². The first-order valence-corrected chi connectivity index (χ1v) is 7.09. The van der Waals surface area contributed by atoms with Crippen LogP contribution in [-0.2, 0) is 0 Å². The molecule has 0 N–H and O–H groups in total. The standard InChI is InChI=1S/C13H19N.C3H8/c1-2-9-14-10-8-13(11-14)12-6-4-3-5-7-12;1-3-2/h3-7,13H,2,8-11H2,1H3;3H2,1-2H3. The van der Waals surface area contributed by atoms with E-state index in [9.17, 15) is 0 Å². The Bertz CT molecular complexity index is 281. The third-order valence-electron chi connectivity index (χ3n) is 3.08. The lowest BCUT2D eigenvalue weighted by Gasteiger charge is -2.14. The zero-order chi connectivity index (χ0) is 12.5. The molecule has 1 aliphatic heterocycles. The molecular formula is C16H27N. The van der Waals surface area contributed by atoms with Gasteiger partial charge < -0.3 is 4.90 Å². The van der Waals surface area contributed by atoms with Gasteiger partial charge >= 0.3 is 0 Å².